The summed E-state index contributed by atoms with van der Waals surface area (Å²) in [7, 11) is 0. The number of benzene rings is 3. The van der Waals surface area contributed by atoms with Crippen molar-refractivity contribution >= 4 is 5.91 Å². The fourth-order valence-electron chi connectivity index (χ4n) is 2.99. The molecule has 126 valence electrons. The third-order valence-electron chi connectivity index (χ3n) is 4.27. The van der Waals surface area contributed by atoms with Gasteiger partial charge in [-0.2, -0.15) is 9.78 Å². The van der Waals surface area contributed by atoms with Gasteiger partial charge in [-0.25, -0.2) is 0 Å². The van der Waals surface area contributed by atoms with E-state index in [2.05, 4.69) is 17.2 Å². The summed E-state index contributed by atoms with van der Waals surface area (Å²) >= 11 is 0. The van der Waals surface area contributed by atoms with Crippen molar-refractivity contribution in [3.05, 3.63) is 114 Å². The third kappa shape index (κ3) is 3.33. The van der Waals surface area contributed by atoms with E-state index in [-0.39, 0.29) is 5.91 Å². The fourth-order valence-corrected chi connectivity index (χ4v) is 2.99. The Morgan fingerprint density at radius 1 is 0.769 bits per heavy atom. The highest BCUT2D eigenvalue weighted by Crippen LogP contribution is 2.23. The molecule has 0 aliphatic carbocycles. The van der Waals surface area contributed by atoms with Crippen LogP contribution >= 0.6 is 0 Å². The predicted octanol–water partition coefficient (Wildman–Crippen LogP) is 4.83. The summed E-state index contributed by atoms with van der Waals surface area (Å²) in [6.45, 7) is 0. The lowest BCUT2D eigenvalue weighted by molar-refractivity contribution is 0.0946. The number of carbonyl (C=O) groups excluding carboxylic acids is 1. The molecular weight excluding hydrogens is 320 g/mol. The van der Waals surface area contributed by atoms with Crippen LogP contribution in [-0.4, -0.2) is 15.7 Å². The molecule has 0 radical (unpaired) electrons. The maximum absolute atomic E-state index is 13.0. The van der Waals surface area contributed by atoms with Gasteiger partial charge in [0.1, 0.15) is 0 Å². The number of hydrogen-bond donors (Lipinski definition) is 0. The summed E-state index contributed by atoms with van der Waals surface area (Å²) in [5, 5.41) is 4.63. The van der Waals surface area contributed by atoms with Crippen LogP contribution in [-0.2, 0) is 6.42 Å². The first-order valence-electron chi connectivity index (χ1n) is 8.59. The average Bonchev–Trinajstić information content (AvgIpc) is 3.13. The van der Waals surface area contributed by atoms with Gasteiger partial charge < -0.3 is 0 Å². The molecule has 0 unspecified atom stereocenters. The first kappa shape index (κ1) is 16.0. The van der Waals surface area contributed by atoms with Gasteiger partial charge in [0.15, 0.2) is 0 Å². The van der Waals surface area contributed by atoms with Crippen molar-refractivity contribution in [2.45, 2.75) is 6.42 Å². The first-order valence-corrected chi connectivity index (χ1v) is 8.59. The second-order valence-corrected chi connectivity index (χ2v) is 6.13. The maximum atomic E-state index is 13.0. The molecule has 26 heavy (non-hydrogen) atoms. The largest absolute Gasteiger partial charge is 0.278 e. The van der Waals surface area contributed by atoms with E-state index in [4.69, 9.17) is 0 Å². The molecule has 0 aliphatic rings. The minimum atomic E-state index is -0.122. The Bertz CT molecular complexity index is 1010. The van der Waals surface area contributed by atoms with Crippen molar-refractivity contribution in [2.24, 2.45) is 0 Å². The standard InChI is InChI=1S/C23H18N2O/c26-23(20-14-8-3-9-15-20)25-22(19-12-6-2-7-13-19)17-21(24-25)16-18-10-4-1-5-11-18/h1-15,17H,16H2. The first-order chi connectivity index (χ1) is 12.8. The topological polar surface area (TPSA) is 34.9 Å². The molecule has 3 nitrogen and oxygen atoms in total. The molecule has 0 saturated carbocycles. The lowest BCUT2D eigenvalue weighted by Crippen LogP contribution is -2.15. The van der Waals surface area contributed by atoms with E-state index in [0.29, 0.717) is 12.0 Å². The quantitative estimate of drug-likeness (QED) is 0.534. The highest BCUT2D eigenvalue weighted by atomic mass is 16.2. The van der Waals surface area contributed by atoms with Crippen LogP contribution < -0.4 is 0 Å². The van der Waals surface area contributed by atoms with Crippen molar-refractivity contribution in [1.29, 1.82) is 0 Å². The van der Waals surface area contributed by atoms with Gasteiger partial charge in [-0.1, -0.05) is 78.9 Å². The Morgan fingerprint density at radius 2 is 1.35 bits per heavy atom. The van der Waals surface area contributed by atoms with Crippen LogP contribution in [0.25, 0.3) is 11.3 Å². The molecule has 3 aromatic carbocycles. The number of carbonyl (C=O) groups is 1. The molecule has 0 fully saturated rings. The van der Waals surface area contributed by atoms with Crippen molar-refractivity contribution < 1.29 is 4.79 Å². The zero-order chi connectivity index (χ0) is 17.8. The van der Waals surface area contributed by atoms with Gasteiger partial charge in [-0.3, -0.25) is 4.79 Å². The zero-order valence-corrected chi connectivity index (χ0v) is 14.2. The van der Waals surface area contributed by atoms with Gasteiger partial charge in [-0.15, -0.1) is 0 Å². The van der Waals surface area contributed by atoms with Gasteiger partial charge in [-0.05, 0) is 23.8 Å². The van der Waals surface area contributed by atoms with Crippen LogP contribution in [0.4, 0.5) is 0 Å². The molecule has 0 amide bonds. The summed E-state index contributed by atoms with van der Waals surface area (Å²) < 4.78 is 1.52. The Labute approximate surface area is 152 Å². The number of hydrogen-bond acceptors (Lipinski definition) is 2. The normalized spacial score (nSPS) is 10.6. The highest BCUT2D eigenvalue weighted by Gasteiger charge is 2.17. The van der Waals surface area contributed by atoms with Crippen molar-refractivity contribution in [1.82, 2.24) is 9.78 Å². The SMILES string of the molecule is O=C(c1ccccc1)n1nc(Cc2ccccc2)cc1-c1ccccc1. The lowest BCUT2D eigenvalue weighted by Gasteiger charge is -2.06. The second kappa shape index (κ2) is 7.19. The summed E-state index contributed by atoms with van der Waals surface area (Å²) in [5.41, 5.74) is 4.45. The van der Waals surface area contributed by atoms with Crippen molar-refractivity contribution in [3.8, 4) is 11.3 Å². The number of nitrogens with zero attached hydrogens (tertiary/aromatic N) is 2. The molecule has 3 heteroatoms. The van der Waals surface area contributed by atoms with Crippen LogP contribution in [0.15, 0.2) is 97.1 Å². The molecule has 0 aliphatic heterocycles. The minimum Gasteiger partial charge on any atom is -0.267 e. The van der Waals surface area contributed by atoms with Crippen LogP contribution in [0, 0.1) is 0 Å². The summed E-state index contributed by atoms with van der Waals surface area (Å²) in [4.78, 5) is 13.0. The van der Waals surface area contributed by atoms with Crippen LogP contribution in [0.5, 0.6) is 0 Å². The Hall–Kier alpha value is -3.46. The van der Waals surface area contributed by atoms with Gasteiger partial charge >= 0.3 is 0 Å². The highest BCUT2D eigenvalue weighted by molar-refractivity contribution is 5.97. The summed E-state index contributed by atoms with van der Waals surface area (Å²) in [5.74, 6) is -0.122. The Kier molecular flexibility index (Phi) is 4.44. The fraction of sp³-hybridized carbons (Fsp3) is 0.0435. The molecule has 0 saturated heterocycles. The molecule has 0 atom stereocenters. The monoisotopic (exact) mass is 338 g/mol. The predicted molar refractivity (Wildman–Crippen MR) is 103 cm³/mol. The van der Waals surface area contributed by atoms with E-state index in [1.807, 2.05) is 84.9 Å². The van der Waals surface area contributed by atoms with Gasteiger partial charge in [0, 0.05) is 17.5 Å². The Morgan fingerprint density at radius 3 is 2.00 bits per heavy atom. The summed E-state index contributed by atoms with van der Waals surface area (Å²) in [6, 6.07) is 31.3. The molecule has 4 aromatic rings. The second-order valence-electron chi connectivity index (χ2n) is 6.13. The smallest absolute Gasteiger partial charge is 0.267 e. The van der Waals surface area contributed by atoms with E-state index >= 15 is 0 Å². The number of aromatic nitrogens is 2. The van der Waals surface area contributed by atoms with Crippen LogP contribution in [0.1, 0.15) is 21.6 Å². The summed E-state index contributed by atoms with van der Waals surface area (Å²) in [6.07, 6.45) is 0.690. The van der Waals surface area contributed by atoms with E-state index in [1.165, 1.54) is 10.2 Å². The third-order valence-corrected chi connectivity index (χ3v) is 4.27. The molecule has 4 rings (SSSR count). The molecular formula is C23H18N2O. The molecule has 1 heterocycles. The van der Waals surface area contributed by atoms with Gasteiger partial charge in [0.25, 0.3) is 5.91 Å². The lowest BCUT2D eigenvalue weighted by atomic mass is 10.1. The van der Waals surface area contributed by atoms with Crippen molar-refractivity contribution in [2.75, 3.05) is 0 Å². The molecule has 0 spiro atoms. The maximum Gasteiger partial charge on any atom is 0.278 e. The van der Waals surface area contributed by atoms with E-state index in [0.717, 1.165) is 17.0 Å². The number of rotatable bonds is 4. The molecule has 0 N–H and O–H groups in total. The zero-order valence-electron chi connectivity index (χ0n) is 14.2. The van der Waals surface area contributed by atoms with E-state index in [9.17, 15) is 4.79 Å². The van der Waals surface area contributed by atoms with E-state index < -0.39 is 0 Å². The van der Waals surface area contributed by atoms with Crippen LogP contribution in [0.2, 0.25) is 0 Å². The van der Waals surface area contributed by atoms with Gasteiger partial charge in [0.05, 0.1) is 11.4 Å². The van der Waals surface area contributed by atoms with Gasteiger partial charge in [0.2, 0.25) is 0 Å². The van der Waals surface area contributed by atoms with E-state index in [1.54, 1.807) is 0 Å². The Balaban J connectivity index is 1.77. The molecule has 1 aromatic heterocycles. The van der Waals surface area contributed by atoms with Crippen molar-refractivity contribution in [3.63, 3.8) is 0 Å². The minimum absolute atomic E-state index is 0.122. The van der Waals surface area contributed by atoms with Crippen LogP contribution in [0.3, 0.4) is 0 Å². The average molecular weight is 338 g/mol. The molecule has 0 bridgehead atoms.